The van der Waals surface area contributed by atoms with Gasteiger partial charge in [0.1, 0.15) is 5.75 Å². The van der Waals surface area contributed by atoms with Crippen molar-refractivity contribution >= 4 is 12.6 Å². The highest BCUT2D eigenvalue weighted by Crippen LogP contribution is 2.24. The second-order valence-corrected chi connectivity index (χ2v) is 5.83. The van der Waals surface area contributed by atoms with Gasteiger partial charge in [0.05, 0.1) is 7.11 Å². The van der Waals surface area contributed by atoms with Gasteiger partial charge in [-0.2, -0.15) is 0 Å². The highest BCUT2D eigenvalue weighted by atomic mass is 16.5. The molecule has 0 aromatic heterocycles. The molecule has 1 fully saturated rings. The van der Waals surface area contributed by atoms with E-state index in [-0.39, 0.29) is 0 Å². The van der Waals surface area contributed by atoms with E-state index in [1.54, 1.807) is 13.2 Å². The molecule has 2 N–H and O–H groups in total. The first kappa shape index (κ1) is 16.3. The average Bonchev–Trinajstić information content (AvgIpc) is 2.72. The SMILES string of the molecule is CCC1CCCCCN1Cc1cc(B(O)O)ccc1OC. The Morgan fingerprint density at radius 2 is 2.10 bits per heavy atom. The summed E-state index contributed by atoms with van der Waals surface area (Å²) in [7, 11) is 0.230. The van der Waals surface area contributed by atoms with E-state index in [1.807, 2.05) is 12.1 Å². The van der Waals surface area contributed by atoms with Crippen LogP contribution in [0, 0.1) is 0 Å². The van der Waals surface area contributed by atoms with E-state index < -0.39 is 7.12 Å². The molecule has 0 radical (unpaired) electrons. The van der Waals surface area contributed by atoms with Gasteiger partial charge in [-0.25, -0.2) is 0 Å². The van der Waals surface area contributed by atoms with Crippen molar-refractivity contribution in [2.75, 3.05) is 13.7 Å². The molecule has 0 bridgehead atoms. The van der Waals surface area contributed by atoms with Gasteiger partial charge in [-0.1, -0.05) is 31.9 Å². The summed E-state index contributed by atoms with van der Waals surface area (Å²) in [6.07, 6.45) is 6.26. The normalized spacial score (nSPS) is 20.1. The van der Waals surface area contributed by atoms with Crippen LogP contribution in [0.1, 0.15) is 44.6 Å². The summed E-state index contributed by atoms with van der Waals surface area (Å²) in [5.74, 6) is 0.818. The molecule has 1 heterocycles. The molecular formula is C16H26BNO3. The van der Waals surface area contributed by atoms with E-state index in [0.717, 1.165) is 30.8 Å². The lowest BCUT2D eigenvalue weighted by Crippen LogP contribution is -2.35. The second-order valence-electron chi connectivity index (χ2n) is 5.83. The van der Waals surface area contributed by atoms with Gasteiger partial charge in [-0.3, -0.25) is 4.90 Å². The number of ether oxygens (including phenoxy) is 1. The van der Waals surface area contributed by atoms with E-state index >= 15 is 0 Å². The highest BCUT2D eigenvalue weighted by molar-refractivity contribution is 6.58. The predicted octanol–water partition coefficient (Wildman–Crippen LogP) is 1.53. The molecule has 0 saturated carbocycles. The maximum absolute atomic E-state index is 9.36. The number of hydrogen-bond donors (Lipinski definition) is 2. The third-order valence-electron chi connectivity index (χ3n) is 4.45. The van der Waals surface area contributed by atoms with Crippen molar-refractivity contribution < 1.29 is 14.8 Å². The van der Waals surface area contributed by atoms with Crippen molar-refractivity contribution in [3.8, 4) is 5.75 Å². The number of rotatable bonds is 5. The number of likely N-dealkylation sites (tertiary alicyclic amines) is 1. The van der Waals surface area contributed by atoms with Gasteiger partial charge in [0.2, 0.25) is 0 Å². The second kappa shape index (κ2) is 7.83. The van der Waals surface area contributed by atoms with Gasteiger partial charge in [-0.05, 0) is 37.3 Å². The largest absolute Gasteiger partial charge is 0.496 e. The molecule has 1 saturated heterocycles. The third kappa shape index (κ3) is 4.22. The van der Waals surface area contributed by atoms with Gasteiger partial charge < -0.3 is 14.8 Å². The standard InChI is InChI=1S/C16H26BNO3/c1-3-15-7-5-4-6-10-18(15)12-13-11-14(17(19)20)8-9-16(13)21-2/h8-9,11,15,19-20H,3-7,10,12H2,1-2H3. The number of nitrogens with zero attached hydrogens (tertiary/aromatic N) is 1. The Kier molecular flexibility index (Phi) is 6.09. The fourth-order valence-corrected chi connectivity index (χ4v) is 3.21. The van der Waals surface area contributed by atoms with Crippen molar-refractivity contribution in [3.63, 3.8) is 0 Å². The number of hydrogen-bond acceptors (Lipinski definition) is 4. The summed E-state index contributed by atoms with van der Waals surface area (Å²) in [4.78, 5) is 2.51. The lowest BCUT2D eigenvalue weighted by molar-refractivity contribution is 0.184. The summed E-state index contributed by atoms with van der Waals surface area (Å²) < 4.78 is 5.43. The number of methoxy groups -OCH3 is 1. The smallest absolute Gasteiger partial charge is 0.488 e. The zero-order valence-corrected chi connectivity index (χ0v) is 13.1. The molecule has 1 aromatic rings. The Balaban J connectivity index is 2.21. The predicted molar refractivity (Wildman–Crippen MR) is 85.8 cm³/mol. The van der Waals surface area contributed by atoms with Crippen LogP contribution in [-0.4, -0.2) is 41.8 Å². The van der Waals surface area contributed by atoms with Crippen molar-refractivity contribution in [3.05, 3.63) is 23.8 Å². The molecule has 1 unspecified atom stereocenters. The van der Waals surface area contributed by atoms with E-state index in [2.05, 4.69) is 11.8 Å². The van der Waals surface area contributed by atoms with Crippen molar-refractivity contribution in [1.29, 1.82) is 0 Å². The summed E-state index contributed by atoms with van der Waals surface area (Å²) in [5, 5.41) is 18.7. The van der Waals surface area contributed by atoms with Crippen LogP contribution in [0.2, 0.25) is 0 Å². The van der Waals surface area contributed by atoms with Crippen LogP contribution in [0.4, 0.5) is 0 Å². The van der Waals surface area contributed by atoms with E-state index in [9.17, 15) is 10.0 Å². The van der Waals surface area contributed by atoms with Gasteiger partial charge in [0, 0.05) is 18.2 Å². The van der Waals surface area contributed by atoms with Crippen LogP contribution in [0.3, 0.4) is 0 Å². The van der Waals surface area contributed by atoms with Crippen LogP contribution in [0.5, 0.6) is 5.75 Å². The first-order chi connectivity index (χ1) is 10.2. The third-order valence-corrected chi connectivity index (χ3v) is 4.45. The molecule has 21 heavy (non-hydrogen) atoms. The van der Waals surface area contributed by atoms with E-state index in [4.69, 9.17) is 4.74 Å². The van der Waals surface area contributed by atoms with Gasteiger partial charge >= 0.3 is 7.12 Å². The highest BCUT2D eigenvalue weighted by Gasteiger charge is 2.22. The Morgan fingerprint density at radius 3 is 2.76 bits per heavy atom. The Bertz CT molecular complexity index is 453. The average molecular weight is 291 g/mol. The fraction of sp³-hybridized carbons (Fsp3) is 0.625. The molecule has 1 aliphatic heterocycles. The minimum atomic E-state index is -1.43. The van der Waals surface area contributed by atoms with Gasteiger partial charge in [0.15, 0.2) is 0 Å². The number of benzene rings is 1. The van der Waals surface area contributed by atoms with Crippen LogP contribution < -0.4 is 10.2 Å². The monoisotopic (exact) mass is 291 g/mol. The van der Waals surface area contributed by atoms with Crippen LogP contribution in [0.15, 0.2) is 18.2 Å². The van der Waals surface area contributed by atoms with Crippen molar-refractivity contribution in [2.45, 2.75) is 51.6 Å². The summed E-state index contributed by atoms with van der Waals surface area (Å²) in [5.41, 5.74) is 1.55. The van der Waals surface area contributed by atoms with Crippen molar-refractivity contribution in [2.24, 2.45) is 0 Å². The van der Waals surface area contributed by atoms with Gasteiger partial charge in [0.25, 0.3) is 0 Å². The van der Waals surface area contributed by atoms with Crippen LogP contribution >= 0.6 is 0 Å². The first-order valence-electron chi connectivity index (χ1n) is 7.92. The van der Waals surface area contributed by atoms with Gasteiger partial charge in [-0.15, -0.1) is 0 Å². The zero-order valence-electron chi connectivity index (χ0n) is 13.1. The molecule has 1 aromatic carbocycles. The van der Waals surface area contributed by atoms with Crippen LogP contribution in [-0.2, 0) is 6.54 Å². The quantitative estimate of drug-likeness (QED) is 0.808. The summed E-state index contributed by atoms with van der Waals surface area (Å²) >= 11 is 0. The minimum absolute atomic E-state index is 0.522. The Morgan fingerprint density at radius 1 is 1.29 bits per heavy atom. The first-order valence-corrected chi connectivity index (χ1v) is 7.92. The zero-order chi connectivity index (χ0) is 15.2. The van der Waals surface area contributed by atoms with Crippen LogP contribution in [0.25, 0.3) is 0 Å². The Labute approximate surface area is 127 Å². The minimum Gasteiger partial charge on any atom is -0.496 e. The van der Waals surface area contributed by atoms with E-state index in [1.165, 1.54) is 25.7 Å². The Hall–Kier alpha value is -1.04. The molecule has 0 amide bonds. The lowest BCUT2D eigenvalue weighted by atomic mass is 9.79. The fourth-order valence-electron chi connectivity index (χ4n) is 3.21. The maximum atomic E-state index is 9.36. The summed E-state index contributed by atoms with van der Waals surface area (Å²) in [6, 6.07) is 5.98. The topological polar surface area (TPSA) is 52.9 Å². The van der Waals surface area contributed by atoms with Crippen molar-refractivity contribution in [1.82, 2.24) is 4.90 Å². The summed E-state index contributed by atoms with van der Waals surface area (Å²) in [6.45, 7) is 4.16. The van der Waals surface area contributed by atoms with E-state index in [0.29, 0.717) is 11.5 Å². The maximum Gasteiger partial charge on any atom is 0.488 e. The molecule has 0 aliphatic carbocycles. The lowest BCUT2D eigenvalue weighted by Gasteiger charge is -2.29. The molecule has 116 valence electrons. The molecule has 1 atom stereocenters. The molecule has 1 aliphatic rings. The molecule has 5 heteroatoms. The molecular weight excluding hydrogens is 265 g/mol. The molecule has 2 rings (SSSR count). The molecule has 0 spiro atoms. The molecule has 4 nitrogen and oxygen atoms in total.